The topological polar surface area (TPSA) is 70.4 Å². The Hall–Kier alpha value is -2.34. The van der Waals surface area contributed by atoms with Crippen molar-refractivity contribution in [2.24, 2.45) is 0 Å². The summed E-state index contributed by atoms with van der Waals surface area (Å²) in [5.74, 6) is -1.70. The Morgan fingerprint density at radius 2 is 2.09 bits per heavy atom. The number of rotatable bonds is 2. The van der Waals surface area contributed by atoms with Gasteiger partial charge in [0.1, 0.15) is 11.8 Å². The second-order valence-electron chi connectivity index (χ2n) is 4.89. The van der Waals surface area contributed by atoms with E-state index >= 15 is 0 Å². The van der Waals surface area contributed by atoms with E-state index in [9.17, 15) is 9.59 Å². The molecule has 6 nitrogen and oxygen atoms in total. The lowest BCUT2D eigenvalue weighted by atomic mass is 10.1. The van der Waals surface area contributed by atoms with Gasteiger partial charge in [0.2, 0.25) is 0 Å². The molecule has 1 aromatic heterocycles. The maximum atomic E-state index is 11.8. The molecule has 0 saturated heterocycles. The van der Waals surface area contributed by atoms with Crippen LogP contribution in [0.1, 0.15) is 30.8 Å². The zero-order valence-corrected chi connectivity index (χ0v) is 12.8. The molecule has 1 unspecified atom stereocenters. The molecular weight excluding hydrogens is 308 g/mol. The zero-order valence-electron chi connectivity index (χ0n) is 12.0. The Morgan fingerprint density at radius 1 is 1.32 bits per heavy atom. The monoisotopic (exact) mass is 320 g/mol. The quantitative estimate of drug-likeness (QED) is 0.628. The van der Waals surface area contributed by atoms with Crippen LogP contribution in [0.3, 0.4) is 0 Å². The number of halogens is 1. The van der Waals surface area contributed by atoms with Crippen molar-refractivity contribution >= 4 is 23.5 Å². The van der Waals surface area contributed by atoms with Crippen molar-refractivity contribution in [2.75, 3.05) is 0 Å². The third kappa shape index (κ3) is 2.35. The number of imidazole rings is 1. The molecule has 1 aliphatic rings. The van der Waals surface area contributed by atoms with Crippen LogP contribution in [0.2, 0.25) is 5.02 Å². The minimum Gasteiger partial charge on any atom is -0.447 e. The van der Waals surface area contributed by atoms with Crippen LogP contribution in [0.25, 0.3) is 11.4 Å². The standard InChI is InChI=1S/C15H13ClN2O4/c1-3-11-12-8(2)18(22-15(20)14(19)21-11)13(17-12)9-5-4-6-10(16)7-9/h4-7,11H,3H2,1-2H3. The van der Waals surface area contributed by atoms with Gasteiger partial charge in [0.05, 0.1) is 5.69 Å². The number of hydrogen-bond acceptors (Lipinski definition) is 5. The van der Waals surface area contributed by atoms with Gasteiger partial charge in [-0.3, -0.25) is 0 Å². The third-order valence-electron chi connectivity index (χ3n) is 3.44. The summed E-state index contributed by atoms with van der Waals surface area (Å²) in [6, 6.07) is 7.01. The summed E-state index contributed by atoms with van der Waals surface area (Å²) >= 11 is 6.00. The molecule has 3 rings (SSSR count). The summed E-state index contributed by atoms with van der Waals surface area (Å²) in [5, 5.41) is 0.534. The predicted molar refractivity (Wildman–Crippen MR) is 78.1 cm³/mol. The van der Waals surface area contributed by atoms with Crippen molar-refractivity contribution in [1.29, 1.82) is 0 Å². The summed E-state index contributed by atoms with van der Waals surface area (Å²) in [6.45, 7) is 3.61. The molecule has 1 aliphatic heterocycles. The number of benzene rings is 1. The average molecular weight is 321 g/mol. The fourth-order valence-corrected chi connectivity index (χ4v) is 2.55. The van der Waals surface area contributed by atoms with E-state index in [1.54, 1.807) is 31.2 Å². The van der Waals surface area contributed by atoms with Crippen molar-refractivity contribution < 1.29 is 19.2 Å². The van der Waals surface area contributed by atoms with Gasteiger partial charge in [-0.2, -0.15) is 4.73 Å². The van der Waals surface area contributed by atoms with Gasteiger partial charge in [-0.1, -0.05) is 30.7 Å². The first-order valence-electron chi connectivity index (χ1n) is 6.79. The number of aromatic nitrogens is 2. The highest BCUT2D eigenvalue weighted by Crippen LogP contribution is 2.30. The number of hydrogen-bond donors (Lipinski definition) is 0. The molecule has 0 saturated carbocycles. The highest BCUT2D eigenvalue weighted by molar-refractivity contribution is 6.31. The Bertz CT molecular complexity index is 769. The Kier molecular flexibility index (Phi) is 3.62. The van der Waals surface area contributed by atoms with Crippen LogP contribution in [0.5, 0.6) is 0 Å². The van der Waals surface area contributed by atoms with Crippen LogP contribution < -0.4 is 4.84 Å². The van der Waals surface area contributed by atoms with Gasteiger partial charge in [-0.15, -0.1) is 0 Å². The predicted octanol–water partition coefficient (Wildman–Crippen LogP) is 2.48. The van der Waals surface area contributed by atoms with E-state index in [2.05, 4.69) is 4.98 Å². The molecule has 22 heavy (non-hydrogen) atoms. The smallest absolute Gasteiger partial charge is 0.442 e. The fourth-order valence-electron chi connectivity index (χ4n) is 2.36. The maximum absolute atomic E-state index is 11.8. The van der Waals surface area contributed by atoms with Crippen LogP contribution in [-0.2, 0) is 14.3 Å². The molecule has 1 atom stereocenters. The summed E-state index contributed by atoms with van der Waals surface area (Å²) in [6.07, 6.45) is -0.0780. The molecule has 0 fully saturated rings. The maximum Gasteiger partial charge on any atom is 0.442 e. The van der Waals surface area contributed by atoms with E-state index < -0.39 is 18.0 Å². The molecule has 0 amide bonds. The molecule has 2 heterocycles. The van der Waals surface area contributed by atoms with Gasteiger partial charge in [0.15, 0.2) is 5.82 Å². The van der Waals surface area contributed by atoms with Gasteiger partial charge in [0.25, 0.3) is 0 Å². The SMILES string of the molecule is CCC1OC(=O)C(=O)On2c(-c3cccc(Cl)c3)nc1c2C. The van der Waals surface area contributed by atoms with Crippen LogP contribution >= 0.6 is 11.6 Å². The van der Waals surface area contributed by atoms with E-state index in [-0.39, 0.29) is 0 Å². The minimum atomic E-state index is -1.08. The number of fused-ring (bicyclic) bond motifs is 2. The lowest BCUT2D eigenvalue weighted by Crippen LogP contribution is -2.32. The zero-order chi connectivity index (χ0) is 15.9. The second-order valence-corrected chi connectivity index (χ2v) is 5.33. The molecule has 1 aromatic carbocycles. The molecule has 114 valence electrons. The largest absolute Gasteiger partial charge is 0.447 e. The lowest BCUT2D eigenvalue weighted by molar-refractivity contribution is -0.172. The summed E-state index contributed by atoms with van der Waals surface area (Å²) in [4.78, 5) is 33.0. The summed E-state index contributed by atoms with van der Waals surface area (Å²) in [7, 11) is 0. The number of nitrogens with zero attached hydrogens (tertiary/aromatic N) is 2. The molecule has 2 bridgehead atoms. The fraction of sp³-hybridized carbons (Fsp3) is 0.267. The molecule has 2 aromatic rings. The summed E-state index contributed by atoms with van der Waals surface area (Å²) in [5.41, 5.74) is 1.86. The highest BCUT2D eigenvalue weighted by atomic mass is 35.5. The number of carbonyl (C=O) groups excluding carboxylic acids is 2. The first-order chi connectivity index (χ1) is 10.5. The minimum absolute atomic E-state index is 0.403. The number of ether oxygens (including phenoxy) is 1. The van der Waals surface area contributed by atoms with Crippen LogP contribution in [0.15, 0.2) is 24.3 Å². The number of cyclic esters (lactones) is 1. The van der Waals surface area contributed by atoms with Crippen molar-refractivity contribution in [1.82, 2.24) is 9.71 Å². The van der Waals surface area contributed by atoms with E-state index in [1.165, 1.54) is 4.73 Å². The lowest BCUT2D eigenvalue weighted by Gasteiger charge is -2.17. The van der Waals surface area contributed by atoms with Gasteiger partial charge in [-0.25, -0.2) is 14.6 Å². The van der Waals surface area contributed by atoms with Crippen LogP contribution in [0.4, 0.5) is 0 Å². The first kappa shape index (κ1) is 14.6. The first-order valence-corrected chi connectivity index (χ1v) is 7.17. The third-order valence-corrected chi connectivity index (χ3v) is 3.68. The normalized spacial score (nSPS) is 17.5. The van der Waals surface area contributed by atoms with E-state index in [4.69, 9.17) is 21.2 Å². The summed E-state index contributed by atoms with van der Waals surface area (Å²) < 4.78 is 6.39. The average Bonchev–Trinajstić information content (AvgIpc) is 2.83. The molecular formula is C15H13ClN2O4. The number of carbonyl (C=O) groups is 2. The van der Waals surface area contributed by atoms with Gasteiger partial charge in [-0.05, 0) is 25.5 Å². The Balaban J connectivity index is 2.20. The molecule has 0 N–H and O–H groups in total. The Morgan fingerprint density at radius 3 is 2.77 bits per heavy atom. The van der Waals surface area contributed by atoms with E-state index in [1.807, 2.05) is 6.92 Å². The van der Waals surface area contributed by atoms with Crippen molar-refractivity contribution in [3.63, 3.8) is 0 Å². The number of esters is 1. The van der Waals surface area contributed by atoms with Gasteiger partial charge < -0.3 is 9.57 Å². The molecule has 7 heteroatoms. The van der Waals surface area contributed by atoms with Crippen molar-refractivity contribution in [3.05, 3.63) is 40.7 Å². The van der Waals surface area contributed by atoms with Crippen LogP contribution in [-0.4, -0.2) is 21.7 Å². The molecule has 0 spiro atoms. The molecule has 0 radical (unpaired) electrons. The molecule has 0 aliphatic carbocycles. The van der Waals surface area contributed by atoms with Crippen LogP contribution in [0, 0.1) is 6.92 Å². The van der Waals surface area contributed by atoms with Crippen molar-refractivity contribution in [3.8, 4) is 11.4 Å². The van der Waals surface area contributed by atoms with Gasteiger partial charge >= 0.3 is 11.9 Å². The van der Waals surface area contributed by atoms with Gasteiger partial charge in [0, 0.05) is 10.6 Å². The van der Waals surface area contributed by atoms with E-state index in [0.717, 1.165) is 0 Å². The van der Waals surface area contributed by atoms with E-state index in [0.29, 0.717) is 34.2 Å². The Labute approximate surface area is 131 Å². The van der Waals surface area contributed by atoms with Crippen molar-refractivity contribution in [2.45, 2.75) is 26.4 Å². The highest BCUT2D eigenvalue weighted by Gasteiger charge is 2.33. The second kappa shape index (κ2) is 5.46.